The summed E-state index contributed by atoms with van der Waals surface area (Å²) in [7, 11) is 0. The Bertz CT molecular complexity index is 551. The number of aromatic carboxylic acids is 1. The van der Waals surface area contributed by atoms with Gasteiger partial charge in [-0.2, -0.15) is 0 Å². The molecule has 1 aromatic carbocycles. The zero-order valence-corrected chi connectivity index (χ0v) is 8.27. The van der Waals surface area contributed by atoms with Crippen LogP contribution < -0.4 is 0 Å². The Morgan fingerprint density at radius 1 is 1.44 bits per heavy atom. The minimum Gasteiger partial charge on any atom is -0.478 e. The molecule has 0 aliphatic carbocycles. The van der Waals surface area contributed by atoms with Crippen molar-refractivity contribution in [2.45, 2.75) is 6.92 Å². The molecule has 0 bridgehead atoms. The summed E-state index contributed by atoms with van der Waals surface area (Å²) in [5.74, 6) is -1.54. The maximum Gasteiger partial charge on any atom is 0.335 e. The number of rotatable bonds is 2. The number of halogens is 1. The van der Waals surface area contributed by atoms with Crippen LogP contribution in [0.3, 0.4) is 0 Å². The average molecular weight is 222 g/mol. The fourth-order valence-electron chi connectivity index (χ4n) is 1.23. The van der Waals surface area contributed by atoms with Crippen LogP contribution in [0, 0.1) is 12.7 Å². The van der Waals surface area contributed by atoms with Crippen LogP contribution in [0.4, 0.5) is 4.39 Å². The summed E-state index contributed by atoms with van der Waals surface area (Å²) in [5.41, 5.74) is -0.0388. The second-order valence-corrected chi connectivity index (χ2v) is 3.13. The van der Waals surface area contributed by atoms with Gasteiger partial charge >= 0.3 is 5.97 Å². The van der Waals surface area contributed by atoms with E-state index >= 15 is 0 Å². The minimum absolute atomic E-state index is 0.0342. The number of hydrogen-bond acceptors (Lipinski definition) is 4. The Balaban J connectivity index is 2.47. The highest BCUT2D eigenvalue weighted by Gasteiger charge is 2.14. The SMILES string of the molecule is Cc1nnc(-c2ccc(C(=O)O)cc2F)o1. The molecule has 0 amide bonds. The number of carbonyl (C=O) groups is 1. The van der Waals surface area contributed by atoms with Gasteiger partial charge in [-0.05, 0) is 18.2 Å². The van der Waals surface area contributed by atoms with Crippen LogP contribution >= 0.6 is 0 Å². The second kappa shape index (κ2) is 3.73. The van der Waals surface area contributed by atoms with Crippen LogP contribution in [0.25, 0.3) is 11.5 Å². The van der Waals surface area contributed by atoms with Gasteiger partial charge in [0.25, 0.3) is 5.89 Å². The van der Waals surface area contributed by atoms with Gasteiger partial charge in [0.2, 0.25) is 5.89 Å². The van der Waals surface area contributed by atoms with Crippen LogP contribution in [-0.2, 0) is 0 Å². The third-order valence-electron chi connectivity index (χ3n) is 1.97. The smallest absolute Gasteiger partial charge is 0.335 e. The Kier molecular flexibility index (Phi) is 2.40. The quantitative estimate of drug-likeness (QED) is 0.839. The molecule has 0 fully saturated rings. The Morgan fingerprint density at radius 2 is 2.19 bits per heavy atom. The number of aryl methyl sites for hydroxylation is 1. The zero-order chi connectivity index (χ0) is 11.7. The maximum absolute atomic E-state index is 13.5. The molecule has 1 heterocycles. The van der Waals surface area contributed by atoms with Crippen LogP contribution in [0.2, 0.25) is 0 Å². The summed E-state index contributed by atoms with van der Waals surface area (Å²) in [6.07, 6.45) is 0. The summed E-state index contributed by atoms with van der Waals surface area (Å²) >= 11 is 0. The Hall–Kier alpha value is -2.24. The number of carboxylic acid groups (broad SMARTS) is 1. The van der Waals surface area contributed by atoms with Crippen molar-refractivity contribution in [2.24, 2.45) is 0 Å². The predicted molar refractivity (Wildman–Crippen MR) is 51.4 cm³/mol. The van der Waals surface area contributed by atoms with Crippen molar-refractivity contribution in [1.82, 2.24) is 10.2 Å². The molecule has 0 aliphatic rings. The van der Waals surface area contributed by atoms with Crippen molar-refractivity contribution in [3.63, 3.8) is 0 Å². The van der Waals surface area contributed by atoms with E-state index in [-0.39, 0.29) is 17.0 Å². The lowest BCUT2D eigenvalue weighted by atomic mass is 10.1. The second-order valence-electron chi connectivity index (χ2n) is 3.13. The molecular weight excluding hydrogens is 215 g/mol. The van der Waals surface area contributed by atoms with Gasteiger partial charge in [-0.25, -0.2) is 9.18 Å². The number of benzene rings is 1. The van der Waals surface area contributed by atoms with E-state index in [0.29, 0.717) is 5.89 Å². The molecule has 2 rings (SSSR count). The third kappa shape index (κ3) is 1.77. The third-order valence-corrected chi connectivity index (χ3v) is 1.97. The van der Waals surface area contributed by atoms with Crippen LogP contribution in [0.1, 0.15) is 16.2 Å². The van der Waals surface area contributed by atoms with Crippen LogP contribution in [0.15, 0.2) is 22.6 Å². The summed E-state index contributed by atoms with van der Waals surface area (Å²) in [6, 6.07) is 3.49. The molecule has 5 nitrogen and oxygen atoms in total. The number of carboxylic acids is 1. The van der Waals surface area contributed by atoms with E-state index in [1.165, 1.54) is 12.1 Å². The van der Waals surface area contributed by atoms with E-state index < -0.39 is 11.8 Å². The molecule has 16 heavy (non-hydrogen) atoms. The molecular formula is C10H7FN2O3. The number of aromatic nitrogens is 2. The fourth-order valence-corrected chi connectivity index (χ4v) is 1.23. The van der Waals surface area contributed by atoms with E-state index in [0.717, 1.165) is 6.07 Å². The Morgan fingerprint density at radius 3 is 2.69 bits per heavy atom. The Labute approximate surface area is 89.5 Å². The van der Waals surface area contributed by atoms with Crippen LogP contribution in [-0.4, -0.2) is 21.3 Å². The standard InChI is InChI=1S/C10H7FN2O3/c1-5-12-13-9(16-5)7-3-2-6(10(14)15)4-8(7)11/h2-4H,1H3,(H,14,15). The van der Waals surface area contributed by atoms with Crippen LogP contribution in [0.5, 0.6) is 0 Å². The largest absolute Gasteiger partial charge is 0.478 e. The van der Waals surface area contributed by atoms with Crippen molar-refractivity contribution in [3.8, 4) is 11.5 Å². The van der Waals surface area contributed by atoms with Gasteiger partial charge < -0.3 is 9.52 Å². The minimum atomic E-state index is -1.19. The van der Waals surface area contributed by atoms with Crippen molar-refractivity contribution in [1.29, 1.82) is 0 Å². The van der Waals surface area contributed by atoms with E-state index in [1.807, 2.05) is 0 Å². The van der Waals surface area contributed by atoms with E-state index in [1.54, 1.807) is 6.92 Å². The fraction of sp³-hybridized carbons (Fsp3) is 0.100. The molecule has 1 N–H and O–H groups in total. The molecule has 1 aromatic heterocycles. The molecule has 0 atom stereocenters. The lowest BCUT2D eigenvalue weighted by Crippen LogP contribution is -1.97. The molecule has 0 aliphatic heterocycles. The molecule has 0 saturated carbocycles. The van der Waals surface area contributed by atoms with Gasteiger partial charge in [-0.3, -0.25) is 0 Å². The van der Waals surface area contributed by atoms with Crippen molar-refractivity contribution in [3.05, 3.63) is 35.5 Å². The maximum atomic E-state index is 13.5. The van der Waals surface area contributed by atoms with Gasteiger partial charge in [0.15, 0.2) is 0 Å². The number of nitrogens with zero attached hydrogens (tertiary/aromatic N) is 2. The predicted octanol–water partition coefficient (Wildman–Crippen LogP) is 1.88. The monoisotopic (exact) mass is 222 g/mol. The lowest BCUT2D eigenvalue weighted by Gasteiger charge is -1.99. The highest BCUT2D eigenvalue weighted by atomic mass is 19.1. The summed E-state index contributed by atoms with van der Waals surface area (Å²) in [6.45, 7) is 1.58. The summed E-state index contributed by atoms with van der Waals surface area (Å²) in [5, 5.41) is 15.9. The van der Waals surface area contributed by atoms with Crippen molar-refractivity contribution >= 4 is 5.97 Å². The van der Waals surface area contributed by atoms with Gasteiger partial charge in [0.1, 0.15) is 5.82 Å². The highest BCUT2D eigenvalue weighted by Crippen LogP contribution is 2.22. The first-order valence-corrected chi connectivity index (χ1v) is 4.41. The molecule has 6 heteroatoms. The normalized spacial score (nSPS) is 10.4. The summed E-state index contributed by atoms with van der Waals surface area (Å²) in [4.78, 5) is 10.6. The van der Waals surface area contributed by atoms with E-state index in [9.17, 15) is 9.18 Å². The first-order chi connectivity index (χ1) is 7.58. The zero-order valence-electron chi connectivity index (χ0n) is 8.27. The average Bonchev–Trinajstić information content (AvgIpc) is 2.64. The van der Waals surface area contributed by atoms with Gasteiger partial charge in [-0.1, -0.05) is 0 Å². The summed E-state index contributed by atoms with van der Waals surface area (Å²) < 4.78 is 18.6. The van der Waals surface area contributed by atoms with E-state index in [2.05, 4.69) is 10.2 Å². The van der Waals surface area contributed by atoms with Gasteiger partial charge in [-0.15, -0.1) is 10.2 Å². The van der Waals surface area contributed by atoms with Crippen molar-refractivity contribution < 1.29 is 18.7 Å². The molecule has 0 radical (unpaired) electrons. The van der Waals surface area contributed by atoms with Gasteiger partial charge in [0.05, 0.1) is 11.1 Å². The first-order valence-electron chi connectivity index (χ1n) is 4.41. The molecule has 82 valence electrons. The van der Waals surface area contributed by atoms with Crippen molar-refractivity contribution in [2.75, 3.05) is 0 Å². The van der Waals surface area contributed by atoms with E-state index in [4.69, 9.17) is 9.52 Å². The van der Waals surface area contributed by atoms with Gasteiger partial charge in [0, 0.05) is 6.92 Å². The molecule has 0 unspecified atom stereocenters. The number of hydrogen-bond donors (Lipinski definition) is 1. The molecule has 0 spiro atoms. The topological polar surface area (TPSA) is 76.2 Å². The highest BCUT2D eigenvalue weighted by molar-refractivity contribution is 5.88. The lowest BCUT2D eigenvalue weighted by molar-refractivity contribution is 0.0696. The first kappa shape index (κ1) is 10.3. The molecule has 2 aromatic rings. The molecule has 0 saturated heterocycles.